The van der Waals surface area contributed by atoms with E-state index in [2.05, 4.69) is 4.98 Å². The van der Waals surface area contributed by atoms with Crippen LogP contribution in [0.5, 0.6) is 0 Å². The van der Waals surface area contributed by atoms with Crippen LogP contribution in [0.15, 0.2) is 11.5 Å². The minimum Gasteiger partial charge on any atom is -0.461 e. The van der Waals surface area contributed by atoms with E-state index in [1.807, 2.05) is 0 Å². The van der Waals surface area contributed by atoms with Gasteiger partial charge in [0.05, 0.1) is 13.0 Å². The first-order valence-corrected chi connectivity index (χ1v) is 11.1. The average molecular weight is 469 g/mol. The SMILES string of the molecule is CCOC(=O)c1csc(C=CC(=O)N(CCC(=O)OC(C)(C)C)CC(=O)OC(C)(C)C)n1. The van der Waals surface area contributed by atoms with E-state index >= 15 is 0 Å². The van der Waals surface area contributed by atoms with Gasteiger partial charge in [0.15, 0.2) is 5.69 Å². The summed E-state index contributed by atoms with van der Waals surface area (Å²) in [6.07, 6.45) is 2.59. The summed E-state index contributed by atoms with van der Waals surface area (Å²) in [5.74, 6) is -2.13. The molecule has 0 spiro atoms. The molecule has 10 heteroatoms. The van der Waals surface area contributed by atoms with Crippen LogP contribution in [0.3, 0.4) is 0 Å². The van der Waals surface area contributed by atoms with Crippen molar-refractivity contribution in [3.05, 3.63) is 22.2 Å². The Morgan fingerprint density at radius 3 is 2.19 bits per heavy atom. The van der Waals surface area contributed by atoms with Crippen molar-refractivity contribution < 1.29 is 33.4 Å². The number of hydrogen-bond donors (Lipinski definition) is 0. The van der Waals surface area contributed by atoms with Crippen LogP contribution >= 0.6 is 11.3 Å². The first kappa shape index (κ1) is 27.3. The molecule has 0 radical (unpaired) electrons. The maximum Gasteiger partial charge on any atom is 0.357 e. The van der Waals surface area contributed by atoms with Gasteiger partial charge in [-0.1, -0.05) is 0 Å². The molecule has 0 aliphatic carbocycles. The molecule has 1 amide bonds. The van der Waals surface area contributed by atoms with E-state index in [4.69, 9.17) is 14.2 Å². The summed E-state index contributed by atoms with van der Waals surface area (Å²) in [4.78, 5) is 54.0. The van der Waals surface area contributed by atoms with Gasteiger partial charge in [-0.05, 0) is 54.5 Å². The Hall–Kier alpha value is -2.75. The van der Waals surface area contributed by atoms with Gasteiger partial charge in [-0.3, -0.25) is 14.4 Å². The second-order valence-electron chi connectivity index (χ2n) is 8.81. The fourth-order valence-electron chi connectivity index (χ4n) is 2.33. The molecule has 1 aromatic heterocycles. The van der Waals surface area contributed by atoms with Crippen LogP contribution in [-0.2, 0) is 28.6 Å². The Bertz CT molecular complexity index is 847. The number of thiazole rings is 1. The first-order chi connectivity index (χ1) is 14.7. The molecular formula is C22H32N2O7S. The lowest BCUT2D eigenvalue weighted by atomic mass is 10.2. The molecule has 1 heterocycles. The van der Waals surface area contributed by atoms with Crippen molar-refractivity contribution in [3.8, 4) is 0 Å². The lowest BCUT2D eigenvalue weighted by Crippen LogP contribution is -2.39. The summed E-state index contributed by atoms with van der Waals surface area (Å²) in [6.45, 7) is 12.0. The topological polar surface area (TPSA) is 112 Å². The second-order valence-corrected chi connectivity index (χ2v) is 9.70. The highest BCUT2D eigenvalue weighted by molar-refractivity contribution is 7.10. The number of carbonyl (C=O) groups is 4. The summed E-state index contributed by atoms with van der Waals surface area (Å²) in [5, 5.41) is 1.95. The van der Waals surface area contributed by atoms with Crippen LogP contribution in [0.25, 0.3) is 6.08 Å². The fraction of sp³-hybridized carbons (Fsp3) is 0.591. The summed E-state index contributed by atoms with van der Waals surface area (Å²) < 4.78 is 15.4. The highest BCUT2D eigenvalue weighted by atomic mass is 32.1. The standard InChI is InChI=1S/C22H32N2O7S/c1-8-29-20(28)15-14-32-16(23-15)9-10-17(25)24(13-19(27)31-22(5,6)7)12-11-18(26)30-21(2,3)4/h9-10,14H,8,11-13H2,1-7H3. The quantitative estimate of drug-likeness (QED) is 0.308. The van der Waals surface area contributed by atoms with Gasteiger partial charge in [0.2, 0.25) is 5.91 Å². The lowest BCUT2D eigenvalue weighted by molar-refractivity contribution is -0.160. The maximum atomic E-state index is 12.7. The van der Waals surface area contributed by atoms with Crippen LogP contribution < -0.4 is 0 Å². The van der Waals surface area contributed by atoms with Crippen molar-refractivity contribution in [2.24, 2.45) is 0 Å². The molecule has 1 aromatic rings. The normalized spacial score (nSPS) is 11.8. The van der Waals surface area contributed by atoms with E-state index in [1.165, 1.54) is 33.8 Å². The van der Waals surface area contributed by atoms with Crippen molar-refractivity contribution in [1.82, 2.24) is 9.88 Å². The van der Waals surface area contributed by atoms with Gasteiger partial charge in [-0.15, -0.1) is 11.3 Å². The van der Waals surface area contributed by atoms with Gasteiger partial charge in [0, 0.05) is 18.0 Å². The number of aromatic nitrogens is 1. The molecule has 0 atom stereocenters. The van der Waals surface area contributed by atoms with E-state index in [9.17, 15) is 19.2 Å². The summed E-state index contributed by atoms with van der Waals surface area (Å²) >= 11 is 1.17. The molecule has 0 aliphatic heterocycles. The Labute approximate surface area is 192 Å². The molecule has 0 saturated heterocycles. The van der Waals surface area contributed by atoms with Gasteiger partial charge in [-0.25, -0.2) is 9.78 Å². The molecule has 0 fully saturated rings. The van der Waals surface area contributed by atoms with Crippen molar-refractivity contribution in [2.45, 2.75) is 66.1 Å². The summed E-state index contributed by atoms with van der Waals surface area (Å²) in [7, 11) is 0. The predicted octanol–water partition coefficient (Wildman–Crippen LogP) is 3.24. The molecule has 0 saturated carbocycles. The molecule has 0 aromatic carbocycles. The van der Waals surface area contributed by atoms with Gasteiger partial charge >= 0.3 is 17.9 Å². The van der Waals surface area contributed by atoms with Gasteiger partial charge in [0.1, 0.15) is 22.8 Å². The van der Waals surface area contributed by atoms with Crippen LogP contribution in [0.1, 0.15) is 70.4 Å². The third-order valence-electron chi connectivity index (χ3n) is 3.43. The number of carbonyl (C=O) groups excluding carboxylic acids is 4. The van der Waals surface area contributed by atoms with Crippen molar-refractivity contribution in [2.75, 3.05) is 19.7 Å². The third-order valence-corrected chi connectivity index (χ3v) is 4.24. The molecule has 9 nitrogen and oxygen atoms in total. The van der Waals surface area contributed by atoms with E-state index in [-0.39, 0.29) is 31.8 Å². The minimum atomic E-state index is -0.711. The van der Waals surface area contributed by atoms with Gasteiger partial charge in [-0.2, -0.15) is 0 Å². The van der Waals surface area contributed by atoms with E-state index in [0.717, 1.165) is 0 Å². The van der Waals surface area contributed by atoms with Gasteiger partial charge in [0.25, 0.3) is 0 Å². The van der Waals surface area contributed by atoms with Crippen molar-refractivity contribution in [1.29, 1.82) is 0 Å². The largest absolute Gasteiger partial charge is 0.461 e. The van der Waals surface area contributed by atoms with E-state index in [0.29, 0.717) is 5.01 Å². The van der Waals surface area contributed by atoms with Crippen LogP contribution in [0.2, 0.25) is 0 Å². The van der Waals surface area contributed by atoms with Crippen LogP contribution in [0, 0.1) is 0 Å². The average Bonchev–Trinajstić information content (AvgIpc) is 3.09. The zero-order valence-electron chi connectivity index (χ0n) is 19.7. The maximum absolute atomic E-state index is 12.7. The second kappa shape index (κ2) is 11.8. The van der Waals surface area contributed by atoms with E-state index < -0.39 is 35.0 Å². The summed E-state index contributed by atoms with van der Waals surface area (Å²) in [5.41, 5.74) is -1.21. The number of ether oxygens (including phenoxy) is 3. The molecule has 0 aliphatic rings. The zero-order chi connectivity index (χ0) is 24.5. The molecule has 0 unspecified atom stereocenters. The van der Waals surface area contributed by atoms with Crippen LogP contribution in [-0.4, -0.2) is 64.6 Å². The fourth-order valence-corrected chi connectivity index (χ4v) is 3.01. The number of esters is 3. The molecule has 0 N–H and O–H groups in total. The lowest BCUT2D eigenvalue weighted by Gasteiger charge is -2.25. The van der Waals surface area contributed by atoms with E-state index in [1.54, 1.807) is 48.5 Å². The third kappa shape index (κ3) is 11.0. The monoisotopic (exact) mass is 468 g/mol. The molecule has 32 heavy (non-hydrogen) atoms. The van der Waals surface area contributed by atoms with Gasteiger partial charge < -0.3 is 19.1 Å². The predicted molar refractivity (Wildman–Crippen MR) is 120 cm³/mol. The number of hydrogen-bond acceptors (Lipinski definition) is 9. The molecular weight excluding hydrogens is 436 g/mol. The Morgan fingerprint density at radius 2 is 1.62 bits per heavy atom. The van der Waals surface area contributed by atoms with Crippen LogP contribution in [0.4, 0.5) is 0 Å². The Kier molecular flexibility index (Phi) is 10.0. The number of nitrogens with zero attached hydrogens (tertiary/aromatic N) is 2. The van der Waals surface area contributed by atoms with Crippen molar-refractivity contribution in [3.63, 3.8) is 0 Å². The number of amides is 1. The number of rotatable bonds is 9. The minimum absolute atomic E-state index is 0.0245. The summed E-state index contributed by atoms with van der Waals surface area (Å²) in [6, 6.07) is 0. The zero-order valence-corrected chi connectivity index (χ0v) is 20.5. The smallest absolute Gasteiger partial charge is 0.357 e. The molecule has 178 valence electrons. The highest BCUT2D eigenvalue weighted by Crippen LogP contribution is 2.14. The molecule has 0 bridgehead atoms. The Balaban J connectivity index is 2.88. The Morgan fingerprint density at radius 1 is 1.03 bits per heavy atom. The first-order valence-electron chi connectivity index (χ1n) is 10.2. The highest BCUT2D eigenvalue weighted by Gasteiger charge is 2.23. The molecule has 1 rings (SSSR count). The van der Waals surface area contributed by atoms with Crippen molar-refractivity contribution >= 4 is 41.2 Å².